The van der Waals surface area contributed by atoms with Crippen molar-refractivity contribution in [3.8, 4) is 0 Å². The Morgan fingerprint density at radius 2 is 1.76 bits per heavy atom. The number of hydrogen-bond donors (Lipinski definition) is 4. The first-order valence-corrected chi connectivity index (χ1v) is 18.9. The highest BCUT2D eigenvalue weighted by Gasteiger charge is 2.41. The Morgan fingerprint density at radius 3 is 2.33 bits per heavy atom. The van der Waals surface area contributed by atoms with Crippen LogP contribution in [0.25, 0.3) is 0 Å². The van der Waals surface area contributed by atoms with Crippen LogP contribution in [-0.2, 0) is 35.1 Å². The van der Waals surface area contributed by atoms with Crippen molar-refractivity contribution in [3.63, 3.8) is 0 Å². The first-order chi connectivity index (χ1) is 24.3. The summed E-state index contributed by atoms with van der Waals surface area (Å²) in [6, 6.07) is 7.07. The third-order valence-corrected chi connectivity index (χ3v) is 10.8. The van der Waals surface area contributed by atoms with E-state index in [0.717, 1.165) is 17.0 Å². The highest BCUT2D eigenvalue weighted by atomic mass is 32.1. The molecule has 1 fully saturated rings. The van der Waals surface area contributed by atoms with Crippen molar-refractivity contribution in [2.75, 3.05) is 20.7 Å². The fraction of sp³-hybridized carbons (Fsp3) is 0.639. The van der Waals surface area contributed by atoms with E-state index in [-0.39, 0.29) is 61.5 Å². The molecule has 7 atom stereocenters. The molecule has 0 saturated carbocycles. The molecule has 1 aliphatic heterocycles. The van der Waals surface area contributed by atoms with Gasteiger partial charge in [-0.2, -0.15) is 0 Å². The molecule has 51 heavy (non-hydrogen) atoms. The van der Waals surface area contributed by atoms with Crippen molar-refractivity contribution >= 4 is 42.6 Å². The van der Waals surface area contributed by atoms with E-state index in [4.69, 9.17) is 10.6 Å². The molecule has 0 bridgehead atoms. The number of nitrogens with one attached hydrogen (secondary N) is 3. The van der Waals surface area contributed by atoms with Crippen LogP contribution in [0.5, 0.6) is 0 Å². The average Bonchev–Trinajstić information content (AvgIpc) is 3.83. The Morgan fingerprint density at radius 1 is 1.08 bits per heavy atom. The van der Waals surface area contributed by atoms with Crippen molar-refractivity contribution < 1.29 is 28.7 Å². The summed E-state index contributed by atoms with van der Waals surface area (Å²) < 4.78 is 10.6. The third kappa shape index (κ3) is 11.6. The van der Waals surface area contributed by atoms with Gasteiger partial charge in [-0.3, -0.25) is 19.2 Å². The van der Waals surface area contributed by atoms with Crippen LogP contribution in [0.4, 0.5) is 0 Å². The van der Waals surface area contributed by atoms with Gasteiger partial charge in [0, 0.05) is 32.3 Å². The summed E-state index contributed by atoms with van der Waals surface area (Å²) in [6.07, 6.45) is 3.63. The molecule has 15 heteroatoms. The Labute approximate surface area is 308 Å². The number of carbonyl (C=O) groups is 4. The molecule has 1 aromatic heterocycles. The van der Waals surface area contributed by atoms with Gasteiger partial charge in [0.05, 0.1) is 30.7 Å². The largest absolute Gasteiger partial charge is 0.384 e. The standard InChI is InChI=1S/C36H58BN7O6S/c1-9-24(6)32(43(7)36(48)31(23(4)5)41-34(47)30(22(2)3)42-37-50-38)28(49-8)21-29(45)44-18-13-16-27(44)33(46)40-26(35-39-17-19-51-35)20-25-14-11-10-12-15-25/h10-12,14-15,17,19,22-24,26-28,30-32,37,42H,9,13,16,18,20-21,38H2,1-8H3,(H,40,46)(H,41,47)/t24-,26?,27-,28+,30?,31-,32-/m0/s1. The van der Waals surface area contributed by atoms with E-state index < -0.39 is 30.3 Å². The molecule has 0 aliphatic carbocycles. The van der Waals surface area contributed by atoms with Crippen molar-refractivity contribution in [1.29, 1.82) is 0 Å². The molecular formula is C36H58BN7O6S. The second kappa shape index (κ2) is 20.6. The SMILES string of the molecule is CC[C@H](C)[C@@H]([C@@H](CC(=O)N1CCC[C@H]1C(=O)NC(Cc1ccccc1)c1nccs1)OC)N(C)C(=O)[C@@H](NC(=O)C(NBON)C(C)C)C(C)C. The number of aromatic nitrogens is 1. The van der Waals surface area contributed by atoms with Crippen LogP contribution in [0.2, 0.25) is 0 Å². The quantitative estimate of drug-likeness (QED) is 0.118. The highest BCUT2D eigenvalue weighted by Crippen LogP contribution is 2.27. The number of methoxy groups -OCH3 is 1. The van der Waals surface area contributed by atoms with Gasteiger partial charge in [0.2, 0.25) is 23.6 Å². The van der Waals surface area contributed by atoms with Crippen LogP contribution in [0.3, 0.4) is 0 Å². The average molecular weight is 728 g/mol. The molecule has 282 valence electrons. The lowest BCUT2D eigenvalue weighted by atomic mass is 9.89. The first kappa shape index (κ1) is 42.1. The number of likely N-dealkylation sites (tertiary alicyclic amines) is 1. The summed E-state index contributed by atoms with van der Waals surface area (Å²) in [6.45, 7) is 12.1. The van der Waals surface area contributed by atoms with Crippen LogP contribution < -0.4 is 21.8 Å². The zero-order valence-electron chi connectivity index (χ0n) is 31.5. The number of nitrogens with zero attached hydrogens (tertiary/aromatic N) is 3. The Kier molecular flexibility index (Phi) is 17.0. The Balaban J connectivity index is 1.77. The molecule has 1 aliphatic rings. The van der Waals surface area contributed by atoms with E-state index in [2.05, 4.69) is 25.6 Å². The number of nitrogens with two attached hydrogens (primary N) is 1. The minimum Gasteiger partial charge on any atom is -0.379 e. The smallest absolute Gasteiger partial charge is 0.379 e. The van der Waals surface area contributed by atoms with Gasteiger partial charge in [-0.15, -0.1) is 11.3 Å². The maximum Gasteiger partial charge on any atom is 0.384 e. The number of ether oxygens (including phenoxy) is 1. The highest BCUT2D eigenvalue weighted by molar-refractivity contribution is 7.09. The van der Waals surface area contributed by atoms with Gasteiger partial charge in [-0.05, 0) is 42.6 Å². The van der Waals surface area contributed by atoms with Crippen LogP contribution in [-0.4, -0.2) is 97.0 Å². The van der Waals surface area contributed by atoms with Gasteiger partial charge in [0.1, 0.15) is 17.1 Å². The maximum absolute atomic E-state index is 14.2. The monoisotopic (exact) mass is 727 g/mol. The molecular weight excluding hydrogens is 669 g/mol. The number of hydrogen-bond acceptors (Lipinski definition) is 10. The number of amides is 4. The second-order valence-electron chi connectivity index (χ2n) is 14.1. The van der Waals surface area contributed by atoms with Crippen LogP contribution >= 0.6 is 11.3 Å². The summed E-state index contributed by atoms with van der Waals surface area (Å²) in [5.41, 5.74) is 1.08. The van der Waals surface area contributed by atoms with Crippen molar-refractivity contribution in [3.05, 3.63) is 52.5 Å². The van der Waals surface area contributed by atoms with Crippen LogP contribution in [0, 0.1) is 17.8 Å². The van der Waals surface area contributed by atoms with E-state index in [1.54, 1.807) is 30.2 Å². The summed E-state index contributed by atoms with van der Waals surface area (Å²) in [5, 5.41) is 11.8. The lowest BCUT2D eigenvalue weighted by Gasteiger charge is -2.40. The summed E-state index contributed by atoms with van der Waals surface area (Å²) >= 11 is 1.49. The minimum absolute atomic E-state index is 0.00995. The molecule has 2 unspecified atom stereocenters. The lowest BCUT2D eigenvalue weighted by Crippen LogP contribution is -2.60. The number of benzene rings is 1. The van der Waals surface area contributed by atoms with Gasteiger partial charge < -0.3 is 35.2 Å². The fourth-order valence-electron chi connectivity index (χ4n) is 6.83. The van der Waals surface area contributed by atoms with Crippen molar-refractivity contribution in [1.82, 2.24) is 30.6 Å². The van der Waals surface area contributed by atoms with E-state index in [9.17, 15) is 19.2 Å². The van der Waals surface area contributed by atoms with E-state index in [1.165, 1.54) is 11.3 Å². The molecule has 1 saturated heterocycles. The predicted octanol–water partition coefficient (Wildman–Crippen LogP) is 2.72. The molecule has 0 radical (unpaired) electrons. The number of carbonyl (C=O) groups excluding carboxylic acids is 4. The zero-order chi connectivity index (χ0) is 37.7. The van der Waals surface area contributed by atoms with Crippen LogP contribution in [0.15, 0.2) is 41.9 Å². The Bertz CT molecular complexity index is 1390. The van der Waals surface area contributed by atoms with Crippen molar-refractivity contribution in [2.24, 2.45) is 23.7 Å². The number of rotatable bonds is 20. The van der Waals surface area contributed by atoms with Gasteiger partial charge in [0.25, 0.3) is 0 Å². The Hall–Kier alpha value is -3.37. The minimum atomic E-state index is -0.822. The third-order valence-electron chi connectivity index (χ3n) is 9.87. The van der Waals surface area contributed by atoms with Crippen molar-refractivity contribution in [2.45, 2.75) is 110 Å². The second-order valence-corrected chi connectivity index (χ2v) is 15.1. The molecule has 2 aromatic rings. The summed E-state index contributed by atoms with van der Waals surface area (Å²) in [5.74, 6) is 3.80. The molecule has 1 aromatic carbocycles. The van der Waals surface area contributed by atoms with Gasteiger partial charge in [-0.25, -0.2) is 10.9 Å². The molecule has 2 heterocycles. The molecule has 5 N–H and O–H groups in total. The maximum atomic E-state index is 14.2. The van der Waals surface area contributed by atoms with Gasteiger partial charge >= 0.3 is 7.62 Å². The first-order valence-electron chi connectivity index (χ1n) is 18.0. The van der Waals surface area contributed by atoms with E-state index in [0.29, 0.717) is 25.8 Å². The van der Waals surface area contributed by atoms with Gasteiger partial charge in [0.15, 0.2) is 0 Å². The molecule has 3 rings (SSSR count). The van der Waals surface area contributed by atoms with E-state index in [1.807, 2.05) is 77.3 Å². The zero-order valence-corrected chi connectivity index (χ0v) is 32.3. The fourth-order valence-corrected chi connectivity index (χ4v) is 7.52. The van der Waals surface area contributed by atoms with Gasteiger partial charge in [-0.1, -0.05) is 78.3 Å². The lowest BCUT2D eigenvalue weighted by molar-refractivity contribution is -0.147. The molecule has 0 spiro atoms. The summed E-state index contributed by atoms with van der Waals surface area (Å²) in [4.78, 5) is 63.1. The topological polar surface area (TPSA) is 168 Å². The summed E-state index contributed by atoms with van der Waals surface area (Å²) in [7, 11) is 3.23. The number of likely N-dealkylation sites (N-methyl/N-ethyl adjacent to an activating group) is 1. The predicted molar refractivity (Wildman–Crippen MR) is 200 cm³/mol. The normalized spacial score (nSPS) is 18.1. The van der Waals surface area contributed by atoms with Crippen LogP contribution in [0.1, 0.15) is 83.8 Å². The number of thiazole rings is 1. The molecule has 4 amide bonds. The van der Waals surface area contributed by atoms with E-state index >= 15 is 0 Å². The molecule has 13 nitrogen and oxygen atoms in total.